The molecule has 6 nitrogen and oxygen atoms in total. The summed E-state index contributed by atoms with van der Waals surface area (Å²) in [5.74, 6) is -0.808. The van der Waals surface area contributed by atoms with Crippen LogP contribution in [0.5, 0.6) is 0 Å². The van der Waals surface area contributed by atoms with Gasteiger partial charge in [-0.25, -0.2) is 14.8 Å². The number of nitrogens with two attached hydrogens (primary N) is 1. The van der Waals surface area contributed by atoms with Crippen LogP contribution in [0.1, 0.15) is 34.6 Å². The van der Waals surface area contributed by atoms with Crippen LogP contribution in [0.15, 0.2) is 18.6 Å². The maximum Gasteiger partial charge on any atom is 0.338 e. The van der Waals surface area contributed by atoms with Crippen molar-refractivity contribution >= 4 is 11.8 Å². The number of pyridine rings is 1. The van der Waals surface area contributed by atoms with Gasteiger partial charge in [0.05, 0.1) is 29.5 Å². The molecule has 0 saturated heterocycles. The summed E-state index contributed by atoms with van der Waals surface area (Å²) >= 11 is 0. The first-order chi connectivity index (χ1) is 9.16. The Morgan fingerprint density at radius 2 is 2.11 bits per heavy atom. The summed E-state index contributed by atoms with van der Waals surface area (Å²) in [5.41, 5.74) is 8.37. The summed E-state index contributed by atoms with van der Waals surface area (Å²) in [6.45, 7) is 0. The van der Waals surface area contributed by atoms with Gasteiger partial charge in [0, 0.05) is 5.69 Å². The fourth-order valence-corrected chi connectivity index (χ4v) is 2.50. The zero-order valence-corrected chi connectivity index (χ0v) is 10.3. The maximum absolute atomic E-state index is 11.3. The van der Waals surface area contributed by atoms with Gasteiger partial charge < -0.3 is 15.4 Å². The molecule has 0 bridgehead atoms. The Labute approximate surface area is 109 Å². The second kappa shape index (κ2) is 4.38. The smallest absolute Gasteiger partial charge is 0.338 e. The minimum atomic E-state index is -1.01. The average Bonchev–Trinajstić information content (AvgIpc) is 2.82. The number of anilines is 1. The second-order valence-electron chi connectivity index (χ2n) is 4.65. The number of imidazole rings is 1. The van der Waals surface area contributed by atoms with Gasteiger partial charge in [0.2, 0.25) is 0 Å². The highest BCUT2D eigenvalue weighted by Gasteiger charge is 2.20. The van der Waals surface area contributed by atoms with Crippen LogP contribution in [0, 0.1) is 0 Å². The van der Waals surface area contributed by atoms with E-state index in [2.05, 4.69) is 9.97 Å². The molecule has 0 atom stereocenters. The van der Waals surface area contributed by atoms with E-state index in [9.17, 15) is 9.90 Å². The Morgan fingerprint density at radius 1 is 1.32 bits per heavy atom. The Balaban J connectivity index is 2.17. The summed E-state index contributed by atoms with van der Waals surface area (Å²) in [4.78, 5) is 19.7. The van der Waals surface area contributed by atoms with Crippen LogP contribution in [0.25, 0.3) is 5.69 Å². The van der Waals surface area contributed by atoms with Crippen LogP contribution in [0.3, 0.4) is 0 Å². The first-order valence-electron chi connectivity index (χ1n) is 6.21. The van der Waals surface area contributed by atoms with E-state index in [1.54, 1.807) is 6.33 Å². The normalized spacial score (nSPS) is 14.1. The molecule has 0 fully saturated rings. The molecule has 1 aliphatic rings. The standard InChI is InChI=1S/C13H14N4O2/c14-12-5-8(13(18)19)11(6-15-12)17-7-16-9-3-1-2-4-10(9)17/h5-7H,1-4H2,(H2,14,15)(H,18,19). The molecule has 0 aliphatic heterocycles. The van der Waals surface area contributed by atoms with Crippen LogP contribution in [-0.2, 0) is 12.8 Å². The molecule has 19 heavy (non-hydrogen) atoms. The second-order valence-corrected chi connectivity index (χ2v) is 4.65. The number of fused-ring (bicyclic) bond motifs is 1. The van der Waals surface area contributed by atoms with Crippen LogP contribution in [0.4, 0.5) is 5.82 Å². The zero-order valence-electron chi connectivity index (χ0n) is 10.3. The molecule has 0 radical (unpaired) electrons. The molecule has 6 heteroatoms. The lowest BCUT2D eigenvalue weighted by Gasteiger charge is -2.15. The molecule has 0 amide bonds. The lowest BCUT2D eigenvalue weighted by atomic mass is 10.0. The molecule has 0 spiro atoms. The molecule has 2 aromatic heterocycles. The summed E-state index contributed by atoms with van der Waals surface area (Å²) in [6.07, 6.45) is 7.27. The number of aromatic nitrogens is 3. The number of nitrogens with zero attached hydrogens (tertiary/aromatic N) is 3. The lowest BCUT2D eigenvalue weighted by molar-refractivity contribution is 0.0697. The average molecular weight is 258 g/mol. The SMILES string of the molecule is Nc1cc(C(=O)O)c(-n2cnc3c2CCCC3)cn1. The lowest BCUT2D eigenvalue weighted by Crippen LogP contribution is -2.11. The number of hydrogen-bond donors (Lipinski definition) is 2. The van der Waals surface area contributed by atoms with E-state index in [0.29, 0.717) is 5.69 Å². The topological polar surface area (TPSA) is 94.0 Å². The van der Waals surface area contributed by atoms with Gasteiger partial charge in [0.25, 0.3) is 0 Å². The number of nitrogen functional groups attached to an aromatic ring is 1. The first kappa shape index (κ1) is 11.7. The highest BCUT2D eigenvalue weighted by atomic mass is 16.4. The zero-order chi connectivity index (χ0) is 13.4. The third kappa shape index (κ3) is 1.95. The number of carbonyl (C=O) groups is 1. The van der Waals surface area contributed by atoms with Crippen molar-refractivity contribution in [2.45, 2.75) is 25.7 Å². The van der Waals surface area contributed by atoms with E-state index in [4.69, 9.17) is 5.73 Å². The molecule has 0 saturated carbocycles. The van der Waals surface area contributed by atoms with E-state index in [-0.39, 0.29) is 11.4 Å². The van der Waals surface area contributed by atoms with Crippen LogP contribution < -0.4 is 5.73 Å². The Hall–Kier alpha value is -2.37. The predicted octanol–water partition coefficient (Wildman–Crippen LogP) is 1.43. The minimum Gasteiger partial charge on any atom is -0.478 e. The van der Waals surface area contributed by atoms with Crippen molar-refractivity contribution in [1.82, 2.24) is 14.5 Å². The minimum absolute atomic E-state index is 0.151. The van der Waals surface area contributed by atoms with Gasteiger partial charge in [-0.2, -0.15) is 0 Å². The van der Waals surface area contributed by atoms with Crippen LogP contribution in [0.2, 0.25) is 0 Å². The summed E-state index contributed by atoms with van der Waals surface area (Å²) in [6, 6.07) is 1.38. The van der Waals surface area contributed by atoms with Gasteiger partial charge in [-0.15, -0.1) is 0 Å². The Kier molecular flexibility index (Phi) is 2.70. The molecule has 1 aliphatic carbocycles. The molecule has 0 unspecified atom stereocenters. The predicted molar refractivity (Wildman–Crippen MR) is 69.4 cm³/mol. The summed E-state index contributed by atoms with van der Waals surface area (Å²) < 4.78 is 1.82. The van der Waals surface area contributed by atoms with Crippen molar-refractivity contribution in [3.05, 3.63) is 35.5 Å². The van der Waals surface area contributed by atoms with E-state index in [1.165, 1.54) is 12.3 Å². The number of aryl methyl sites for hydroxylation is 1. The molecule has 2 aromatic rings. The largest absolute Gasteiger partial charge is 0.478 e. The van der Waals surface area contributed by atoms with Crippen molar-refractivity contribution in [3.63, 3.8) is 0 Å². The number of carboxylic acids is 1. The molecular weight excluding hydrogens is 244 g/mol. The third-order valence-corrected chi connectivity index (χ3v) is 3.42. The highest BCUT2D eigenvalue weighted by molar-refractivity contribution is 5.92. The van der Waals surface area contributed by atoms with E-state index < -0.39 is 5.97 Å². The number of carboxylic acid groups (broad SMARTS) is 1. The third-order valence-electron chi connectivity index (χ3n) is 3.42. The molecule has 2 heterocycles. The van der Waals surface area contributed by atoms with E-state index in [1.807, 2.05) is 4.57 Å². The molecular formula is C13H14N4O2. The van der Waals surface area contributed by atoms with E-state index >= 15 is 0 Å². The van der Waals surface area contributed by atoms with E-state index in [0.717, 1.165) is 37.1 Å². The monoisotopic (exact) mass is 258 g/mol. The Morgan fingerprint density at radius 3 is 2.89 bits per heavy atom. The van der Waals surface area contributed by atoms with Crippen molar-refractivity contribution < 1.29 is 9.90 Å². The van der Waals surface area contributed by atoms with Gasteiger partial charge in [-0.05, 0) is 31.7 Å². The van der Waals surface area contributed by atoms with Gasteiger partial charge in [-0.1, -0.05) is 0 Å². The van der Waals surface area contributed by atoms with Crippen molar-refractivity contribution in [2.24, 2.45) is 0 Å². The fourth-order valence-electron chi connectivity index (χ4n) is 2.50. The fraction of sp³-hybridized carbons (Fsp3) is 0.308. The molecule has 98 valence electrons. The van der Waals surface area contributed by atoms with Crippen molar-refractivity contribution in [3.8, 4) is 5.69 Å². The van der Waals surface area contributed by atoms with Crippen LogP contribution >= 0.6 is 0 Å². The van der Waals surface area contributed by atoms with Gasteiger partial charge in [-0.3, -0.25) is 0 Å². The molecule has 0 aromatic carbocycles. The van der Waals surface area contributed by atoms with Gasteiger partial charge in [0.1, 0.15) is 5.82 Å². The van der Waals surface area contributed by atoms with Crippen LogP contribution in [-0.4, -0.2) is 25.6 Å². The molecule has 3 N–H and O–H groups in total. The van der Waals surface area contributed by atoms with Crippen molar-refractivity contribution in [2.75, 3.05) is 5.73 Å². The number of aromatic carboxylic acids is 1. The highest BCUT2D eigenvalue weighted by Crippen LogP contribution is 2.25. The summed E-state index contributed by atoms with van der Waals surface area (Å²) in [7, 11) is 0. The van der Waals surface area contributed by atoms with Gasteiger partial charge >= 0.3 is 5.97 Å². The van der Waals surface area contributed by atoms with Crippen molar-refractivity contribution in [1.29, 1.82) is 0 Å². The Bertz CT molecular complexity index is 648. The molecule has 3 rings (SSSR count). The number of rotatable bonds is 2. The summed E-state index contributed by atoms with van der Waals surface area (Å²) in [5, 5.41) is 9.28. The number of hydrogen-bond acceptors (Lipinski definition) is 4. The van der Waals surface area contributed by atoms with Gasteiger partial charge in [0.15, 0.2) is 0 Å². The maximum atomic E-state index is 11.3. The first-order valence-corrected chi connectivity index (χ1v) is 6.21. The quantitative estimate of drug-likeness (QED) is 0.849.